The standard InChI is InChI=1S/C62H50N2/c1-4-18-45(19-5-1)63(46-20-6-2-7-21-46)48-36-32-43(33-37-48)61-56-28-14-16-30-58(56)62(59-31-17-15-29-57(59)61)44-34-38-49(39-35-44)64(47-22-8-3-9-23-47)50-40-41-55-53-26-11-10-24-51(53)52-25-12-13-27-54(52)60(55)42-50/h1-13,18-27,32-42H,14-17,28-31H2. The lowest BCUT2D eigenvalue weighted by Crippen LogP contribution is -2.16. The van der Waals surface area contributed by atoms with Crippen LogP contribution in [0.3, 0.4) is 0 Å². The Bertz CT molecular complexity index is 3190. The first-order valence-electron chi connectivity index (χ1n) is 23.3. The Balaban J connectivity index is 0.959. The number of rotatable bonds is 8. The van der Waals surface area contributed by atoms with E-state index in [2.05, 4.69) is 216 Å². The topological polar surface area (TPSA) is 6.48 Å². The van der Waals surface area contributed by atoms with Gasteiger partial charge in [0.2, 0.25) is 0 Å². The second-order valence-corrected chi connectivity index (χ2v) is 17.7. The molecule has 0 spiro atoms. The summed E-state index contributed by atoms with van der Waals surface area (Å²) in [5.74, 6) is 0. The van der Waals surface area contributed by atoms with Crippen molar-refractivity contribution in [3.63, 3.8) is 0 Å². The maximum Gasteiger partial charge on any atom is 0.0468 e. The van der Waals surface area contributed by atoms with Crippen LogP contribution in [0.4, 0.5) is 34.1 Å². The van der Waals surface area contributed by atoms with E-state index in [9.17, 15) is 0 Å². The van der Waals surface area contributed by atoms with Crippen molar-refractivity contribution in [1.82, 2.24) is 0 Å². The molecule has 0 aliphatic heterocycles. The van der Waals surface area contributed by atoms with Gasteiger partial charge in [-0.05, 0) is 201 Å². The second kappa shape index (κ2) is 16.4. The van der Waals surface area contributed by atoms with Crippen molar-refractivity contribution in [2.45, 2.75) is 51.4 Å². The van der Waals surface area contributed by atoms with Gasteiger partial charge in [0.1, 0.15) is 0 Å². The Morgan fingerprint density at radius 3 is 0.891 bits per heavy atom. The minimum absolute atomic E-state index is 1.14. The summed E-state index contributed by atoms with van der Waals surface area (Å²) in [6.07, 6.45) is 9.52. The van der Waals surface area contributed by atoms with Crippen molar-refractivity contribution in [3.05, 3.63) is 229 Å². The van der Waals surface area contributed by atoms with E-state index < -0.39 is 0 Å². The Morgan fingerprint density at radius 2 is 0.516 bits per heavy atom. The number of nitrogens with zero attached hydrogens (tertiary/aromatic N) is 2. The number of fused-ring (bicyclic) bond motifs is 8. The van der Waals surface area contributed by atoms with Crippen molar-refractivity contribution in [2.75, 3.05) is 9.80 Å². The molecule has 0 unspecified atom stereocenters. The summed E-state index contributed by atoms with van der Waals surface area (Å²) in [5, 5.41) is 7.75. The Labute approximate surface area is 376 Å². The molecule has 0 atom stereocenters. The predicted molar refractivity (Wildman–Crippen MR) is 272 cm³/mol. The first-order valence-corrected chi connectivity index (χ1v) is 23.3. The quantitative estimate of drug-likeness (QED) is 0.141. The lowest BCUT2D eigenvalue weighted by Gasteiger charge is -2.32. The van der Waals surface area contributed by atoms with Crippen LogP contribution in [-0.2, 0) is 25.7 Å². The zero-order valence-electron chi connectivity index (χ0n) is 36.2. The van der Waals surface area contributed by atoms with E-state index >= 15 is 0 Å². The first kappa shape index (κ1) is 38.3. The first-order chi connectivity index (χ1) is 31.8. The highest BCUT2D eigenvalue weighted by Gasteiger charge is 2.28. The summed E-state index contributed by atoms with van der Waals surface area (Å²) in [4.78, 5) is 4.80. The smallest absolute Gasteiger partial charge is 0.0468 e. The van der Waals surface area contributed by atoms with Crippen molar-refractivity contribution in [3.8, 4) is 22.3 Å². The molecular weight excluding hydrogens is 773 g/mol. The summed E-state index contributed by atoms with van der Waals surface area (Å²) in [6, 6.07) is 76.2. The lowest BCUT2D eigenvalue weighted by molar-refractivity contribution is 0.662. The van der Waals surface area contributed by atoms with E-state index in [1.54, 1.807) is 22.3 Å². The summed E-state index contributed by atoms with van der Waals surface area (Å²) in [5.41, 5.74) is 19.1. The maximum atomic E-state index is 2.43. The van der Waals surface area contributed by atoms with E-state index in [4.69, 9.17) is 0 Å². The van der Waals surface area contributed by atoms with Gasteiger partial charge in [-0.1, -0.05) is 133 Å². The third-order valence-electron chi connectivity index (χ3n) is 14.0. The molecule has 0 heterocycles. The van der Waals surface area contributed by atoms with Gasteiger partial charge in [-0.3, -0.25) is 0 Å². The predicted octanol–water partition coefficient (Wildman–Crippen LogP) is 17.2. The van der Waals surface area contributed by atoms with Gasteiger partial charge in [-0.25, -0.2) is 0 Å². The summed E-state index contributed by atoms with van der Waals surface area (Å²) in [6.45, 7) is 0. The zero-order chi connectivity index (χ0) is 42.4. The Kier molecular flexibility index (Phi) is 9.79. The van der Waals surface area contributed by atoms with Gasteiger partial charge in [-0.15, -0.1) is 0 Å². The molecule has 0 aromatic heterocycles. The summed E-state index contributed by atoms with van der Waals surface area (Å²) < 4.78 is 0. The van der Waals surface area contributed by atoms with Gasteiger partial charge in [0, 0.05) is 34.1 Å². The number of benzene rings is 10. The van der Waals surface area contributed by atoms with Gasteiger partial charge in [-0.2, -0.15) is 0 Å². The molecule has 0 fully saturated rings. The highest BCUT2D eigenvalue weighted by molar-refractivity contribution is 6.25. The van der Waals surface area contributed by atoms with Crippen molar-refractivity contribution >= 4 is 66.4 Å². The zero-order valence-corrected chi connectivity index (χ0v) is 36.2. The van der Waals surface area contributed by atoms with Gasteiger partial charge in [0.05, 0.1) is 0 Å². The molecule has 0 amide bonds. The van der Waals surface area contributed by atoms with Crippen LogP contribution in [0.2, 0.25) is 0 Å². The fourth-order valence-electron chi connectivity index (χ4n) is 11.2. The van der Waals surface area contributed by atoms with Crippen LogP contribution in [0.15, 0.2) is 206 Å². The molecule has 2 aliphatic rings. The fourth-order valence-corrected chi connectivity index (χ4v) is 11.2. The van der Waals surface area contributed by atoms with E-state index in [0.29, 0.717) is 0 Å². The van der Waals surface area contributed by atoms with Crippen LogP contribution in [0.5, 0.6) is 0 Å². The third kappa shape index (κ3) is 6.64. The third-order valence-corrected chi connectivity index (χ3v) is 14.0. The summed E-state index contributed by atoms with van der Waals surface area (Å²) in [7, 11) is 0. The molecule has 2 heteroatoms. The molecule has 0 saturated carbocycles. The molecule has 0 bridgehead atoms. The summed E-state index contributed by atoms with van der Waals surface area (Å²) >= 11 is 0. The fraction of sp³-hybridized carbons (Fsp3) is 0.129. The highest BCUT2D eigenvalue weighted by atomic mass is 15.1. The molecule has 2 nitrogen and oxygen atoms in total. The molecule has 0 radical (unpaired) electrons. The Hall–Kier alpha value is -7.42. The van der Waals surface area contributed by atoms with Crippen LogP contribution in [0, 0.1) is 0 Å². The van der Waals surface area contributed by atoms with Gasteiger partial charge >= 0.3 is 0 Å². The SMILES string of the molecule is c1ccc(N(c2ccccc2)c2ccc(-c3c4c(c(-c5ccc(N(c6ccccc6)c6ccc7c8ccccc8c8ccccc8c7c6)cc5)c5c3CCCC5)CCCC4)cc2)cc1. The minimum Gasteiger partial charge on any atom is -0.311 e. The molecule has 0 saturated heterocycles. The van der Waals surface area contributed by atoms with Crippen LogP contribution >= 0.6 is 0 Å². The van der Waals surface area contributed by atoms with Crippen molar-refractivity contribution < 1.29 is 0 Å². The Morgan fingerprint density at radius 1 is 0.234 bits per heavy atom. The molecule has 2 aliphatic carbocycles. The average molecular weight is 823 g/mol. The van der Waals surface area contributed by atoms with Gasteiger partial charge in [0.15, 0.2) is 0 Å². The number of para-hydroxylation sites is 3. The second-order valence-electron chi connectivity index (χ2n) is 17.7. The molecule has 12 rings (SSSR count). The van der Waals surface area contributed by atoms with E-state index in [0.717, 1.165) is 48.4 Å². The highest BCUT2D eigenvalue weighted by Crippen LogP contribution is 2.48. The van der Waals surface area contributed by atoms with Gasteiger partial charge in [0.25, 0.3) is 0 Å². The molecule has 10 aromatic rings. The molecule has 308 valence electrons. The normalized spacial score (nSPS) is 13.4. The van der Waals surface area contributed by atoms with E-state index in [1.165, 1.54) is 91.6 Å². The molecule has 64 heavy (non-hydrogen) atoms. The van der Waals surface area contributed by atoms with Crippen LogP contribution in [-0.4, -0.2) is 0 Å². The largest absolute Gasteiger partial charge is 0.311 e. The lowest BCUT2D eigenvalue weighted by atomic mass is 9.73. The van der Waals surface area contributed by atoms with Gasteiger partial charge < -0.3 is 9.80 Å². The number of anilines is 6. The molecule has 10 aromatic carbocycles. The van der Waals surface area contributed by atoms with E-state index in [-0.39, 0.29) is 0 Å². The van der Waals surface area contributed by atoms with Crippen molar-refractivity contribution in [2.24, 2.45) is 0 Å². The minimum atomic E-state index is 1.14. The molecular formula is C62H50N2. The van der Waals surface area contributed by atoms with Crippen LogP contribution in [0.25, 0.3) is 54.6 Å². The number of hydrogen-bond donors (Lipinski definition) is 0. The molecule has 0 N–H and O–H groups in total. The maximum absolute atomic E-state index is 2.43. The van der Waals surface area contributed by atoms with Crippen molar-refractivity contribution in [1.29, 1.82) is 0 Å². The monoisotopic (exact) mass is 822 g/mol. The van der Waals surface area contributed by atoms with Crippen LogP contribution in [0.1, 0.15) is 47.9 Å². The van der Waals surface area contributed by atoms with Crippen LogP contribution < -0.4 is 9.80 Å². The van der Waals surface area contributed by atoms with E-state index in [1.807, 2.05) is 0 Å². The average Bonchev–Trinajstić information content (AvgIpc) is 3.37. The number of hydrogen-bond acceptors (Lipinski definition) is 2.